The highest BCUT2D eigenvalue weighted by atomic mass is 16.6. The monoisotopic (exact) mass is 286 g/mol. The van der Waals surface area contributed by atoms with Crippen molar-refractivity contribution in [2.75, 3.05) is 18.5 Å². The summed E-state index contributed by atoms with van der Waals surface area (Å²) in [7, 11) is 2.01. The average molecular weight is 286 g/mol. The van der Waals surface area contributed by atoms with Crippen LogP contribution in [-0.2, 0) is 0 Å². The predicted molar refractivity (Wildman–Crippen MR) is 82.4 cm³/mol. The van der Waals surface area contributed by atoms with Crippen molar-refractivity contribution in [1.82, 2.24) is 4.98 Å². The number of non-ortho nitro benzene ring substituents is 1. The number of nitro benzene ring substituents is 1. The summed E-state index contributed by atoms with van der Waals surface area (Å²) in [5, 5.41) is 12.6. The number of pyridine rings is 1. The van der Waals surface area contributed by atoms with Crippen molar-refractivity contribution >= 4 is 22.1 Å². The van der Waals surface area contributed by atoms with E-state index in [0.717, 1.165) is 11.1 Å². The minimum absolute atomic E-state index is 0.0889. The third-order valence-corrected chi connectivity index (χ3v) is 4.25. The van der Waals surface area contributed by atoms with Gasteiger partial charge in [-0.2, -0.15) is 0 Å². The maximum Gasteiger partial charge on any atom is 0.278 e. The number of likely N-dealkylation sites (N-methyl/N-ethyl adjacent to an activating group) is 1. The van der Waals surface area contributed by atoms with E-state index in [1.54, 1.807) is 18.5 Å². The highest BCUT2D eigenvalue weighted by molar-refractivity contribution is 5.99. The van der Waals surface area contributed by atoms with E-state index in [9.17, 15) is 10.1 Å². The molecule has 110 valence electrons. The lowest BCUT2D eigenvalue weighted by atomic mass is 10.1. The van der Waals surface area contributed by atoms with E-state index in [4.69, 9.17) is 5.73 Å². The van der Waals surface area contributed by atoms with Gasteiger partial charge in [-0.15, -0.1) is 0 Å². The second-order valence-electron chi connectivity index (χ2n) is 5.53. The van der Waals surface area contributed by atoms with Crippen LogP contribution < -0.4 is 10.6 Å². The van der Waals surface area contributed by atoms with Crippen LogP contribution in [0.1, 0.15) is 12.8 Å². The molecule has 1 unspecified atom stereocenters. The normalized spacial score (nSPS) is 15.9. The molecule has 1 atom stereocenters. The molecule has 0 saturated heterocycles. The smallest absolute Gasteiger partial charge is 0.278 e. The Morgan fingerprint density at radius 1 is 1.43 bits per heavy atom. The molecule has 2 N–H and O–H groups in total. The van der Waals surface area contributed by atoms with Crippen molar-refractivity contribution in [1.29, 1.82) is 0 Å². The first-order valence-corrected chi connectivity index (χ1v) is 7.07. The van der Waals surface area contributed by atoms with Crippen molar-refractivity contribution in [2.45, 2.75) is 18.9 Å². The first-order valence-electron chi connectivity index (χ1n) is 7.07. The summed E-state index contributed by atoms with van der Waals surface area (Å²) in [4.78, 5) is 17.0. The van der Waals surface area contributed by atoms with Crippen LogP contribution in [0, 0.1) is 16.0 Å². The molecule has 2 aromatic rings. The van der Waals surface area contributed by atoms with Crippen molar-refractivity contribution in [3.63, 3.8) is 0 Å². The Hall–Kier alpha value is -2.21. The molecule has 1 aromatic heterocycles. The summed E-state index contributed by atoms with van der Waals surface area (Å²) in [5.41, 5.74) is 6.97. The predicted octanol–water partition coefficient (Wildman–Crippen LogP) is 2.32. The molecule has 0 radical (unpaired) electrons. The second-order valence-corrected chi connectivity index (χ2v) is 5.53. The van der Waals surface area contributed by atoms with Crippen LogP contribution in [0.4, 0.5) is 11.4 Å². The van der Waals surface area contributed by atoms with Gasteiger partial charge in [0.05, 0.1) is 10.3 Å². The molecule has 1 fully saturated rings. The van der Waals surface area contributed by atoms with E-state index in [-0.39, 0.29) is 16.7 Å². The van der Waals surface area contributed by atoms with Gasteiger partial charge in [0.2, 0.25) is 0 Å². The van der Waals surface area contributed by atoms with E-state index in [1.807, 2.05) is 19.2 Å². The summed E-state index contributed by atoms with van der Waals surface area (Å²) in [5.74, 6) is 0.632. The fourth-order valence-corrected chi connectivity index (χ4v) is 2.95. The lowest BCUT2D eigenvalue weighted by Gasteiger charge is -2.30. The molecule has 1 aliphatic rings. The molecule has 21 heavy (non-hydrogen) atoms. The van der Waals surface area contributed by atoms with Gasteiger partial charge in [0.1, 0.15) is 0 Å². The summed E-state index contributed by atoms with van der Waals surface area (Å²) in [6.07, 6.45) is 5.63. The maximum absolute atomic E-state index is 11.1. The Morgan fingerprint density at radius 3 is 2.81 bits per heavy atom. The Morgan fingerprint density at radius 2 is 2.19 bits per heavy atom. The molecular formula is C15H18N4O2. The highest BCUT2D eigenvalue weighted by Gasteiger charge is 2.33. The van der Waals surface area contributed by atoms with Gasteiger partial charge in [0, 0.05) is 49.2 Å². The van der Waals surface area contributed by atoms with Crippen molar-refractivity contribution in [2.24, 2.45) is 11.7 Å². The van der Waals surface area contributed by atoms with Gasteiger partial charge < -0.3 is 10.6 Å². The Balaban J connectivity index is 2.10. The molecule has 1 saturated carbocycles. The van der Waals surface area contributed by atoms with Crippen LogP contribution >= 0.6 is 0 Å². The molecule has 6 nitrogen and oxygen atoms in total. The van der Waals surface area contributed by atoms with E-state index >= 15 is 0 Å². The van der Waals surface area contributed by atoms with Crippen molar-refractivity contribution < 1.29 is 4.92 Å². The lowest BCUT2D eigenvalue weighted by molar-refractivity contribution is -0.383. The van der Waals surface area contributed by atoms with Crippen LogP contribution in [0.2, 0.25) is 0 Å². The van der Waals surface area contributed by atoms with Crippen LogP contribution in [0.15, 0.2) is 30.6 Å². The average Bonchev–Trinajstić information content (AvgIpc) is 3.31. The van der Waals surface area contributed by atoms with Crippen molar-refractivity contribution in [3.05, 3.63) is 40.7 Å². The SMILES string of the molecule is CN(c1ccc([N+](=O)[O-])c2cnccc12)C(CN)C1CC1. The number of hydrogen-bond acceptors (Lipinski definition) is 5. The minimum atomic E-state index is -0.366. The van der Waals surface area contributed by atoms with Gasteiger partial charge in [0.25, 0.3) is 5.69 Å². The number of anilines is 1. The van der Waals surface area contributed by atoms with Gasteiger partial charge in [-0.3, -0.25) is 15.1 Å². The maximum atomic E-state index is 11.1. The lowest BCUT2D eigenvalue weighted by Crippen LogP contribution is -2.39. The molecule has 3 rings (SSSR count). The first kappa shape index (κ1) is 13.8. The Kier molecular flexibility index (Phi) is 3.47. The second kappa shape index (κ2) is 5.29. The van der Waals surface area contributed by atoms with Crippen LogP contribution in [0.3, 0.4) is 0 Å². The van der Waals surface area contributed by atoms with Crippen molar-refractivity contribution in [3.8, 4) is 0 Å². The zero-order chi connectivity index (χ0) is 15.0. The first-order chi connectivity index (χ1) is 10.1. The number of aromatic nitrogens is 1. The number of nitrogens with two attached hydrogens (primary N) is 1. The molecule has 0 aliphatic heterocycles. The van der Waals surface area contributed by atoms with Gasteiger partial charge in [0.15, 0.2) is 0 Å². The summed E-state index contributed by atoms with van der Waals surface area (Å²) in [6, 6.07) is 5.47. The van der Waals surface area contributed by atoms with Crippen LogP contribution in [-0.4, -0.2) is 29.5 Å². The third kappa shape index (κ3) is 2.42. The molecule has 0 bridgehead atoms. The fourth-order valence-electron chi connectivity index (χ4n) is 2.95. The number of nitrogens with zero attached hydrogens (tertiary/aromatic N) is 3. The number of fused-ring (bicyclic) bond motifs is 1. The molecule has 1 aromatic carbocycles. The molecule has 0 spiro atoms. The van der Waals surface area contributed by atoms with E-state index in [1.165, 1.54) is 12.8 Å². The minimum Gasteiger partial charge on any atom is -0.370 e. The van der Waals surface area contributed by atoms with Crippen LogP contribution in [0.5, 0.6) is 0 Å². The number of nitro groups is 1. The third-order valence-electron chi connectivity index (χ3n) is 4.25. The van der Waals surface area contributed by atoms with E-state index in [2.05, 4.69) is 9.88 Å². The van der Waals surface area contributed by atoms with Gasteiger partial charge >= 0.3 is 0 Å². The molecular weight excluding hydrogens is 268 g/mol. The summed E-state index contributed by atoms with van der Waals surface area (Å²) in [6.45, 7) is 0.588. The highest BCUT2D eigenvalue weighted by Crippen LogP contribution is 2.39. The zero-order valence-electron chi connectivity index (χ0n) is 11.9. The van der Waals surface area contributed by atoms with Gasteiger partial charge in [-0.25, -0.2) is 0 Å². The van der Waals surface area contributed by atoms with Crippen LogP contribution in [0.25, 0.3) is 10.8 Å². The zero-order valence-corrected chi connectivity index (χ0v) is 11.9. The number of hydrogen-bond donors (Lipinski definition) is 1. The largest absolute Gasteiger partial charge is 0.370 e. The van der Waals surface area contributed by atoms with E-state index in [0.29, 0.717) is 17.8 Å². The molecule has 1 heterocycles. The standard InChI is InChI=1S/C15H18N4O2/c1-18(15(8-16)10-2-3-10)13-4-5-14(19(20)21)12-9-17-7-6-11(12)13/h4-7,9-10,15H,2-3,8,16H2,1H3. The molecule has 0 amide bonds. The van der Waals surface area contributed by atoms with Gasteiger partial charge in [-0.05, 0) is 30.9 Å². The topological polar surface area (TPSA) is 85.3 Å². The summed E-state index contributed by atoms with van der Waals surface area (Å²) < 4.78 is 0. The number of rotatable bonds is 5. The molecule has 1 aliphatic carbocycles. The molecule has 6 heteroatoms. The van der Waals surface area contributed by atoms with Gasteiger partial charge in [-0.1, -0.05) is 0 Å². The van der Waals surface area contributed by atoms with E-state index < -0.39 is 0 Å². The quantitative estimate of drug-likeness (QED) is 0.673. The fraction of sp³-hybridized carbons (Fsp3) is 0.400. The number of benzene rings is 1. The Bertz CT molecular complexity index is 684. The summed E-state index contributed by atoms with van der Waals surface area (Å²) >= 11 is 0. The Labute approximate surface area is 122 Å².